The highest BCUT2D eigenvalue weighted by molar-refractivity contribution is 6.30. The van der Waals surface area contributed by atoms with Gasteiger partial charge in [-0.2, -0.15) is 0 Å². The molecule has 8 aromatic carbocycles. The smallest absolute Gasteiger partial charge is 0.154 e. The molecule has 0 atom stereocenters. The summed E-state index contributed by atoms with van der Waals surface area (Å²) in [6.45, 7) is 14.0. The molecule has 0 fully saturated rings. The van der Waals surface area contributed by atoms with Crippen LogP contribution in [0.2, 0.25) is 0 Å². The Morgan fingerprint density at radius 1 is 0.493 bits per heavy atom. The van der Waals surface area contributed by atoms with Crippen LogP contribution in [0.1, 0.15) is 54.2 Å². The molecule has 0 saturated carbocycles. The average Bonchev–Trinajstić information content (AvgIpc) is 4.03. The number of ether oxygens (including phenoxy) is 1. The van der Waals surface area contributed by atoms with E-state index < -0.39 is 0 Å². The Morgan fingerprint density at radius 2 is 1.06 bits per heavy atom. The molecule has 1 aliphatic rings. The van der Waals surface area contributed by atoms with E-state index in [4.69, 9.17) is 9.72 Å². The van der Waals surface area contributed by atoms with Crippen LogP contribution in [0.25, 0.3) is 66.5 Å². The zero-order valence-electron chi connectivity index (χ0n) is 39.9. The van der Waals surface area contributed by atoms with Gasteiger partial charge in [0.15, 0.2) is 5.75 Å². The fourth-order valence-electron chi connectivity index (χ4n) is 10.9. The van der Waals surface area contributed by atoms with E-state index in [0.29, 0.717) is 6.67 Å². The number of aryl methyl sites for hydroxylation is 3. The van der Waals surface area contributed by atoms with E-state index in [2.05, 4.69) is 255 Å². The molecule has 6 heteroatoms. The van der Waals surface area contributed by atoms with Gasteiger partial charge in [0.05, 0.1) is 33.5 Å². The van der Waals surface area contributed by atoms with Crippen LogP contribution in [0.3, 0.4) is 0 Å². The summed E-state index contributed by atoms with van der Waals surface area (Å²) in [7, 11) is 0. The molecule has 0 amide bonds. The maximum atomic E-state index is 7.46. The van der Waals surface area contributed by atoms with Gasteiger partial charge in [0.2, 0.25) is 0 Å². The van der Waals surface area contributed by atoms with Crippen molar-refractivity contribution in [2.45, 2.75) is 47.0 Å². The Morgan fingerprint density at radius 3 is 1.71 bits per heavy atom. The molecule has 0 bridgehead atoms. The zero-order chi connectivity index (χ0) is 47.0. The van der Waals surface area contributed by atoms with Gasteiger partial charge < -0.3 is 19.1 Å². The van der Waals surface area contributed by atoms with Crippen LogP contribution in [0.5, 0.6) is 11.5 Å². The van der Waals surface area contributed by atoms with Gasteiger partial charge in [0, 0.05) is 68.1 Å². The molecule has 0 aliphatic carbocycles. The summed E-state index contributed by atoms with van der Waals surface area (Å²) in [5.74, 6) is 2.37. The molecule has 69 heavy (non-hydrogen) atoms. The van der Waals surface area contributed by atoms with Gasteiger partial charge >= 0.3 is 0 Å². The van der Waals surface area contributed by atoms with E-state index >= 15 is 0 Å². The highest BCUT2D eigenvalue weighted by Gasteiger charge is 2.35. The molecule has 11 aromatic rings. The topological polar surface area (TPSA) is 38.5 Å². The van der Waals surface area contributed by atoms with Crippen molar-refractivity contribution in [1.29, 1.82) is 0 Å². The van der Waals surface area contributed by atoms with Crippen molar-refractivity contribution >= 4 is 66.4 Å². The number of aromatic nitrogens is 3. The van der Waals surface area contributed by atoms with E-state index in [9.17, 15) is 0 Å². The number of rotatable bonds is 8. The Labute approximate surface area is 403 Å². The number of nitrogens with zero attached hydrogens (tertiary/aromatic N) is 5. The quantitative estimate of drug-likeness (QED) is 0.152. The van der Waals surface area contributed by atoms with Gasteiger partial charge in [0.1, 0.15) is 18.2 Å². The van der Waals surface area contributed by atoms with Crippen LogP contribution < -0.4 is 14.5 Å². The summed E-state index contributed by atoms with van der Waals surface area (Å²) >= 11 is 0. The first-order valence-corrected chi connectivity index (χ1v) is 23.9. The molecule has 0 saturated heterocycles. The highest BCUT2D eigenvalue weighted by Crippen LogP contribution is 2.49. The molecular formula is C63H53N5O. The number of para-hydroxylation sites is 3. The fourth-order valence-corrected chi connectivity index (χ4v) is 10.9. The van der Waals surface area contributed by atoms with Crippen LogP contribution in [0, 0.1) is 20.8 Å². The summed E-state index contributed by atoms with van der Waals surface area (Å²) < 4.78 is 12.2. The first-order chi connectivity index (χ1) is 33.6. The summed E-state index contributed by atoms with van der Waals surface area (Å²) in [6, 6.07) is 69.7. The lowest BCUT2D eigenvalue weighted by atomic mass is 9.88. The molecule has 0 unspecified atom stereocenters. The summed E-state index contributed by atoms with van der Waals surface area (Å²) in [5.41, 5.74) is 17.1. The Hall–Kier alpha value is -8.35. The maximum Gasteiger partial charge on any atom is 0.154 e. The minimum atomic E-state index is -0.0618. The standard InChI is InChI=1S/C63H53N5O/c1-41-35-42(2)59(43(3)36-41)66-40-65(60(44-21-10-7-11-22-44)61(66)45-23-12-8-13-24-45)48-27-20-28-49(38-48)69-55-39-54-57(58-51-30-17-18-31-52(51)67(62(55)58)47-25-14-9-15-26-47)50-29-16-19-32-53(50)68(54)56-37-46(33-34-64-56)63(4,5)6/h7-39H,40H2,1-6H3. The van der Waals surface area contributed by atoms with E-state index in [0.717, 1.165) is 83.7 Å². The Balaban J connectivity index is 1.10. The molecule has 0 radical (unpaired) electrons. The lowest BCUT2D eigenvalue weighted by Gasteiger charge is -2.28. The third-order valence-electron chi connectivity index (χ3n) is 13.8. The number of hydrogen-bond acceptors (Lipinski definition) is 4. The zero-order valence-corrected chi connectivity index (χ0v) is 39.9. The first-order valence-electron chi connectivity index (χ1n) is 23.9. The number of anilines is 2. The molecule has 0 N–H and O–H groups in total. The minimum absolute atomic E-state index is 0.0618. The van der Waals surface area contributed by atoms with Crippen molar-refractivity contribution < 1.29 is 4.74 Å². The van der Waals surface area contributed by atoms with Crippen molar-refractivity contribution in [2.75, 3.05) is 16.5 Å². The number of benzene rings is 8. The number of pyridine rings is 1. The van der Waals surface area contributed by atoms with Crippen molar-refractivity contribution in [1.82, 2.24) is 14.1 Å². The molecule has 1 aliphatic heterocycles. The van der Waals surface area contributed by atoms with Gasteiger partial charge in [-0.1, -0.05) is 160 Å². The molecule has 6 nitrogen and oxygen atoms in total. The highest BCUT2D eigenvalue weighted by atomic mass is 16.5. The van der Waals surface area contributed by atoms with E-state index in [1.165, 1.54) is 39.0 Å². The molecule has 0 spiro atoms. The van der Waals surface area contributed by atoms with Crippen LogP contribution in [-0.2, 0) is 5.41 Å². The SMILES string of the molecule is Cc1cc(C)c(N2CN(c3cccc(Oc4cc5c(c6ccccc6n5-c5cc(C(C)(C)C)ccn5)c5c6ccccc6n(-c6ccccc6)c45)c3)C(c3ccccc3)=C2c2ccccc2)c(C)c1. The van der Waals surface area contributed by atoms with E-state index in [-0.39, 0.29) is 5.41 Å². The third kappa shape index (κ3) is 7.05. The normalized spacial score (nSPS) is 13.2. The van der Waals surface area contributed by atoms with Gasteiger partial charge in [0.25, 0.3) is 0 Å². The predicted molar refractivity (Wildman–Crippen MR) is 288 cm³/mol. The van der Waals surface area contributed by atoms with Crippen LogP contribution >= 0.6 is 0 Å². The van der Waals surface area contributed by atoms with Crippen molar-refractivity contribution in [3.63, 3.8) is 0 Å². The molecule has 3 aromatic heterocycles. The van der Waals surface area contributed by atoms with Gasteiger partial charge in [-0.25, -0.2) is 4.98 Å². The first kappa shape index (κ1) is 42.0. The lowest BCUT2D eigenvalue weighted by Crippen LogP contribution is -2.28. The second-order valence-corrected chi connectivity index (χ2v) is 19.5. The summed E-state index contributed by atoms with van der Waals surface area (Å²) in [4.78, 5) is 10.0. The largest absolute Gasteiger partial charge is 0.455 e. The Kier molecular flexibility index (Phi) is 10.0. The fraction of sp³-hybridized carbons (Fsp3) is 0.127. The summed E-state index contributed by atoms with van der Waals surface area (Å²) in [6.07, 6.45) is 1.95. The van der Waals surface area contributed by atoms with E-state index in [1.54, 1.807) is 0 Å². The van der Waals surface area contributed by atoms with Crippen molar-refractivity contribution in [2.24, 2.45) is 0 Å². The average molecular weight is 896 g/mol. The number of hydrogen-bond donors (Lipinski definition) is 0. The predicted octanol–water partition coefficient (Wildman–Crippen LogP) is 16.1. The van der Waals surface area contributed by atoms with Crippen LogP contribution in [0.4, 0.5) is 11.4 Å². The third-order valence-corrected chi connectivity index (χ3v) is 13.8. The number of fused-ring (bicyclic) bond motifs is 7. The maximum absolute atomic E-state index is 7.46. The molecule has 336 valence electrons. The van der Waals surface area contributed by atoms with Crippen LogP contribution in [0.15, 0.2) is 200 Å². The second-order valence-electron chi connectivity index (χ2n) is 19.5. The van der Waals surface area contributed by atoms with Crippen LogP contribution in [-0.4, -0.2) is 20.8 Å². The van der Waals surface area contributed by atoms with Gasteiger partial charge in [-0.15, -0.1) is 0 Å². The van der Waals surface area contributed by atoms with E-state index in [1.807, 2.05) is 6.20 Å². The molecule has 4 heterocycles. The summed E-state index contributed by atoms with van der Waals surface area (Å²) in [5, 5.41) is 4.63. The monoisotopic (exact) mass is 895 g/mol. The molecule has 12 rings (SSSR count). The minimum Gasteiger partial charge on any atom is -0.455 e. The van der Waals surface area contributed by atoms with Gasteiger partial charge in [-0.3, -0.25) is 4.57 Å². The van der Waals surface area contributed by atoms with Crippen molar-refractivity contribution in [3.05, 3.63) is 234 Å². The van der Waals surface area contributed by atoms with Crippen molar-refractivity contribution in [3.8, 4) is 23.0 Å². The lowest BCUT2D eigenvalue weighted by molar-refractivity contribution is 0.487. The molecular weight excluding hydrogens is 843 g/mol. The second kappa shape index (κ2) is 16.5. The Bertz CT molecular complexity index is 3780. The van der Waals surface area contributed by atoms with Gasteiger partial charge in [-0.05, 0) is 91.4 Å².